The summed E-state index contributed by atoms with van der Waals surface area (Å²) in [5.74, 6) is 0.281. The predicted molar refractivity (Wildman–Crippen MR) is 134 cm³/mol. The van der Waals surface area contributed by atoms with Gasteiger partial charge >= 0.3 is 0 Å². The van der Waals surface area contributed by atoms with Crippen LogP contribution in [0, 0.1) is 0 Å². The summed E-state index contributed by atoms with van der Waals surface area (Å²) in [6.07, 6.45) is 1.64. The third-order valence-corrected chi connectivity index (χ3v) is 5.66. The lowest BCUT2D eigenvalue weighted by atomic mass is 10.1. The number of nitrogens with one attached hydrogen (secondary N) is 1. The SMILES string of the molecule is O=C(Nc1ccc(Br)cn1)c1ccc(-n2nc(-c3ccccc3)cc2-c2ccccc2)cc1. The summed E-state index contributed by atoms with van der Waals surface area (Å²) < 4.78 is 2.77. The van der Waals surface area contributed by atoms with Gasteiger partial charge in [-0.05, 0) is 58.4 Å². The molecule has 0 radical (unpaired) electrons. The van der Waals surface area contributed by atoms with Gasteiger partial charge in [0.2, 0.25) is 0 Å². The van der Waals surface area contributed by atoms with Crippen molar-refractivity contribution in [3.63, 3.8) is 0 Å². The van der Waals surface area contributed by atoms with Crippen LogP contribution >= 0.6 is 15.9 Å². The fourth-order valence-corrected chi connectivity index (χ4v) is 3.77. The Morgan fingerprint density at radius 3 is 2.09 bits per heavy atom. The first-order valence-corrected chi connectivity index (χ1v) is 11.2. The average molecular weight is 495 g/mol. The molecular formula is C27H19BrN4O. The third-order valence-electron chi connectivity index (χ3n) is 5.19. The van der Waals surface area contributed by atoms with Gasteiger partial charge in [0.1, 0.15) is 5.82 Å². The van der Waals surface area contributed by atoms with Crippen LogP contribution in [0.2, 0.25) is 0 Å². The van der Waals surface area contributed by atoms with E-state index in [1.54, 1.807) is 24.4 Å². The van der Waals surface area contributed by atoms with E-state index in [4.69, 9.17) is 5.10 Å². The van der Waals surface area contributed by atoms with Crippen molar-refractivity contribution in [1.82, 2.24) is 14.8 Å². The van der Waals surface area contributed by atoms with E-state index < -0.39 is 0 Å². The number of benzene rings is 3. The monoisotopic (exact) mass is 494 g/mol. The molecule has 3 aromatic carbocycles. The van der Waals surface area contributed by atoms with Crippen LogP contribution in [0.1, 0.15) is 10.4 Å². The molecule has 0 atom stereocenters. The number of anilines is 1. The van der Waals surface area contributed by atoms with Crippen molar-refractivity contribution >= 4 is 27.7 Å². The standard InChI is InChI=1S/C27H19BrN4O/c28-22-13-16-26(29-18-22)30-27(33)21-11-14-23(15-12-21)32-25(20-9-5-2-6-10-20)17-24(31-32)19-7-3-1-4-8-19/h1-18H,(H,29,30,33). The van der Waals surface area contributed by atoms with E-state index in [-0.39, 0.29) is 5.91 Å². The molecule has 160 valence electrons. The molecule has 1 amide bonds. The quantitative estimate of drug-likeness (QED) is 0.298. The summed E-state index contributed by atoms with van der Waals surface area (Å²) in [5.41, 5.74) is 5.39. The van der Waals surface area contributed by atoms with Crippen molar-refractivity contribution in [3.8, 4) is 28.2 Å². The smallest absolute Gasteiger partial charge is 0.256 e. The molecule has 0 saturated carbocycles. The van der Waals surface area contributed by atoms with Crippen LogP contribution in [0.3, 0.4) is 0 Å². The molecule has 6 heteroatoms. The first-order valence-electron chi connectivity index (χ1n) is 10.4. The van der Waals surface area contributed by atoms with Crippen LogP contribution in [0.4, 0.5) is 5.82 Å². The highest BCUT2D eigenvalue weighted by molar-refractivity contribution is 9.10. The van der Waals surface area contributed by atoms with E-state index in [0.29, 0.717) is 11.4 Å². The molecule has 1 N–H and O–H groups in total. The van der Waals surface area contributed by atoms with Gasteiger partial charge in [0.25, 0.3) is 5.91 Å². The minimum atomic E-state index is -0.218. The number of halogens is 1. The summed E-state index contributed by atoms with van der Waals surface area (Å²) >= 11 is 3.34. The van der Waals surface area contributed by atoms with Gasteiger partial charge in [0.15, 0.2) is 0 Å². The van der Waals surface area contributed by atoms with Crippen LogP contribution in [0.25, 0.3) is 28.2 Å². The molecular weight excluding hydrogens is 476 g/mol. The maximum atomic E-state index is 12.6. The second-order valence-corrected chi connectivity index (χ2v) is 8.34. The number of hydrogen-bond acceptors (Lipinski definition) is 3. The average Bonchev–Trinajstić information content (AvgIpc) is 3.32. The highest BCUT2D eigenvalue weighted by Crippen LogP contribution is 2.28. The van der Waals surface area contributed by atoms with Crippen molar-refractivity contribution in [2.75, 3.05) is 5.32 Å². The highest BCUT2D eigenvalue weighted by Gasteiger charge is 2.14. The molecule has 33 heavy (non-hydrogen) atoms. The van der Waals surface area contributed by atoms with Gasteiger partial charge in [0, 0.05) is 27.4 Å². The molecule has 5 aromatic rings. The van der Waals surface area contributed by atoms with Crippen LogP contribution in [-0.4, -0.2) is 20.7 Å². The number of amides is 1. The normalized spacial score (nSPS) is 10.7. The minimum Gasteiger partial charge on any atom is -0.307 e. The molecule has 0 aliphatic heterocycles. The summed E-state index contributed by atoms with van der Waals surface area (Å²) in [6.45, 7) is 0. The summed E-state index contributed by atoms with van der Waals surface area (Å²) in [7, 11) is 0. The fourth-order valence-electron chi connectivity index (χ4n) is 3.53. The molecule has 0 spiro atoms. The zero-order valence-corrected chi connectivity index (χ0v) is 19.1. The van der Waals surface area contributed by atoms with Crippen LogP contribution in [-0.2, 0) is 0 Å². The second kappa shape index (κ2) is 9.22. The number of nitrogens with zero attached hydrogens (tertiary/aromatic N) is 3. The molecule has 5 nitrogen and oxygen atoms in total. The Balaban J connectivity index is 1.47. The van der Waals surface area contributed by atoms with E-state index in [0.717, 1.165) is 32.7 Å². The van der Waals surface area contributed by atoms with Gasteiger partial charge in [-0.25, -0.2) is 9.67 Å². The Morgan fingerprint density at radius 2 is 1.45 bits per heavy atom. The van der Waals surface area contributed by atoms with Crippen molar-refractivity contribution in [1.29, 1.82) is 0 Å². The Hall–Kier alpha value is -4.03. The Labute approximate surface area is 199 Å². The van der Waals surface area contributed by atoms with Gasteiger partial charge < -0.3 is 5.32 Å². The number of hydrogen-bond donors (Lipinski definition) is 1. The van der Waals surface area contributed by atoms with Crippen molar-refractivity contribution in [2.24, 2.45) is 0 Å². The van der Waals surface area contributed by atoms with E-state index >= 15 is 0 Å². The topological polar surface area (TPSA) is 59.8 Å². The third kappa shape index (κ3) is 4.61. The predicted octanol–water partition coefficient (Wildman–Crippen LogP) is 6.62. The van der Waals surface area contributed by atoms with Crippen molar-refractivity contribution in [3.05, 3.63) is 119 Å². The molecule has 5 rings (SSSR count). The second-order valence-electron chi connectivity index (χ2n) is 7.42. The lowest BCUT2D eigenvalue weighted by molar-refractivity contribution is 0.102. The molecule has 0 bridgehead atoms. The minimum absolute atomic E-state index is 0.218. The Morgan fingerprint density at radius 1 is 0.788 bits per heavy atom. The van der Waals surface area contributed by atoms with Crippen molar-refractivity contribution in [2.45, 2.75) is 0 Å². The summed E-state index contributed by atoms with van der Waals surface area (Å²) in [6, 6.07) is 33.3. The summed E-state index contributed by atoms with van der Waals surface area (Å²) in [5, 5.41) is 7.69. The van der Waals surface area contributed by atoms with E-state index in [2.05, 4.69) is 44.4 Å². The number of aromatic nitrogens is 3. The van der Waals surface area contributed by atoms with Gasteiger partial charge in [0.05, 0.1) is 17.1 Å². The lowest BCUT2D eigenvalue weighted by Gasteiger charge is -2.09. The zero-order chi connectivity index (χ0) is 22.6. The first-order chi connectivity index (χ1) is 16.2. The molecule has 0 saturated heterocycles. The lowest BCUT2D eigenvalue weighted by Crippen LogP contribution is -2.13. The molecule has 2 heterocycles. The number of rotatable bonds is 5. The van der Waals surface area contributed by atoms with Crippen molar-refractivity contribution < 1.29 is 4.79 Å². The van der Waals surface area contributed by atoms with E-state index in [9.17, 15) is 4.79 Å². The number of carbonyl (C=O) groups excluding carboxylic acids is 1. The number of carbonyl (C=O) groups is 1. The number of pyridine rings is 1. The van der Waals surface area contributed by atoms with Gasteiger partial charge in [-0.15, -0.1) is 0 Å². The Bertz CT molecular complexity index is 1380. The van der Waals surface area contributed by atoms with E-state index in [1.165, 1.54) is 0 Å². The van der Waals surface area contributed by atoms with Gasteiger partial charge in [-0.2, -0.15) is 5.10 Å². The van der Waals surface area contributed by atoms with E-state index in [1.807, 2.05) is 71.4 Å². The fraction of sp³-hybridized carbons (Fsp3) is 0. The first kappa shape index (κ1) is 20.8. The highest BCUT2D eigenvalue weighted by atomic mass is 79.9. The van der Waals surface area contributed by atoms with Crippen LogP contribution in [0.15, 0.2) is 114 Å². The Kier molecular flexibility index (Phi) is 5.83. The van der Waals surface area contributed by atoms with Gasteiger partial charge in [-0.1, -0.05) is 60.7 Å². The van der Waals surface area contributed by atoms with Gasteiger partial charge in [-0.3, -0.25) is 4.79 Å². The maximum absolute atomic E-state index is 12.6. The van der Waals surface area contributed by atoms with Crippen LogP contribution in [0.5, 0.6) is 0 Å². The van der Waals surface area contributed by atoms with Crippen LogP contribution < -0.4 is 5.32 Å². The molecule has 2 aromatic heterocycles. The zero-order valence-electron chi connectivity index (χ0n) is 17.5. The molecule has 0 fully saturated rings. The summed E-state index contributed by atoms with van der Waals surface area (Å²) in [4.78, 5) is 16.8. The molecule has 0 aliphatic rings. The maximum Gasteiger partial charge on any atom is 0.256 e. The largest absolute Gasteiger partial charge is 0.307 e. The molecule has 0 unspecified atom stereocenters. The molecule has 0 aliphatic carbocycles.